The highest BCUT2D eigenvalue weighted by atomic mass is 32.2. The molecular weight excluding hydrogens is 461 g/mol. The Labute approximate surface area is 200 Å². The maximum atomic E-state index is 14.0. The van der Waals surface area contributed by atoms with Gasteiger partial charge in [0.2, 0.25) is 5.91 Å². The molecular formula is C23H26FN5O4S. The van der Waals surface area contributed by atoms with Gasteiger partial charge in [-0.2, -0.15) is 0 Å². The van der Waals surface area contributed by atoms with Crippen LogP contribution >= 0.6 is 11.8 Å². The predicted molar refractivity (Wildman–Crippen MR) is 127 cm³/mol. The lowest BCUT2D eigenvalue weighted by Gasteiger charge is -2.13. The Bertz CT molecular complexity index is 1150. The minimum absolute atomic E-state index is 0.0717. The standard InChI is InChI=1S/C23H26FN5O4S/c1-4-16-5-8-18(9-6-16)33-13-21-26-27-23(28(21)12-15(2)3)34-14-22(30)25-20-11-17(29(31)32)7-10-19(20)24/h5-11,15H,4,12-14H2,1-3H3,(H,25,30). The van der Waals surface area contributed by atoms with Gasteiger partial charge >= 0.3 is 0 Å². The van der Waals surface area contributed by atoms with Crippen molar-refractivity contribution in [3.05, 3.63) is 69.8 Å². The van der Waals surface area contributed by atoms with Crippen LogP contribution in [0.1, 0.15) is 32.2 Å². The van der Waals surface area contributed by atoms with Gasteiger partial charge in [-0.25, -0.2) is 4.39 Å². The molecule has 3 rings (SSSR count). The van der Waals surface area contributed by atoms with Gasteiger partial charge in [-0.1, -0.05) is 44.7 Å². The smallest absolute Gasteiger partial charge is 0.271 e. The van der Waals surface area contributed by atoms with E-state index in [-0.39, 0.29) is 23.7 Å². The van der Waals surface area contributed by atoms with Crippen LogP contribution in [0.2, 0.25) is 0 Å². The number of aromatic nitrogens is 3. The highest BCUT2D eigenvalue weighted by molar-refractivity contribution is 7.99. The quantitative estimate of drug-likeness (QED) is 0.234. The Morgan fingerprint density at radius 3 is 2.62 bits per heavy atom. The number of nitro groups is 1. The van der Waals surface area contributed by atoms with E-state index >= 15 is 0 Å². The second-order valence-corrected chi connectivity index (χ2v) is 8.89. The van der Waals surface area contributed by atoms with Crippen LogP contribution < -0.4 is 10.1 Å². The molecule has 2 aromatic carbocycles. The van der Waals surface area contributed by atoms with Crippen LogP contribution in [0, 0.1) is 21.8 Å². The zero-order valence-electron chi connectivity index (χ0n) is 19.2. The van der Waals surface area contributed by atoms with E-state index in [4.69, 9.17) is 4.74 Å². The zero-order chi connectivity index (χ0) is 24.7. The number of aryl methyl sites for hydroxylation is 1. The monoisotopic (exact) mass is 487 g/mol. The number of nitrogens with one attached hydrogen (secondary N) is 1. The molecule has 1 amide bonds. The fourth-order valence-electron chi connectivity index (χ4n) is 3.09. The molecule has 0 saturated carbocycles. The van der Waals surface area contributed by atoms with Crippen LogP contribution in [0.25, 0.3) is 0 Å². The van der Waals surface area contributed by atoms with Gasteiger partial charge in [0.1, 0.15) is 18.2 Å². The first kappa shape index (κ1) is 25.2. The number of rotatable bonds is 11. The van der Waals surface area contributed by atoms with E-state index in [0.29, 0.717) is 23.4 Å². The molecule has 9 nitrogen and oxygen atoms in total. The summed E-state index contributed by atoms with van der Waals surface area (Å²) in [5.74, 6) is 0.309. The van der Waals surface area contributed by atoms with Crippen molar-refractivity contribution in [2.75, 3.05) is 11.1 Å². The average molecular weight is 488 g/mol. The van der Waals surface area contributed by atoms with Crippen molar-refractivity contribution in [2.45, 2.75) is 45.5 Å². The van der Waals surface area contributed by atoms with Gasteiger partial charge < -0.3 is 14.6 Å². The predicted octanol–water partition coefficient (Wildman–Crippen LogP) is 4.85. The first-order valence-electron chi connectivity index (χ1n) is 10.8. The molecule has 0 aliphatic heterocycles. The third kappa shape index (κ3) is 6.77. The molecule has 1 heterocycles. The SMILES string of the molecule is CCc1ccc(OCc2nnc(SCC(=O)Nc3cc([N+](=O)[O-])ccc3F)n2CC(C)C)cc1. The largest absolute Gasteiger partial charge is 0.486 e. The summed E-state index contributed by atoms with van der Waals surface area (Å²) in [6.45, 7) is 7.05. The van der Waals surface area contributed by atoms with E-state index in [9.17, 15) is 19.3 Å². The number of hydrogen-bond donors (Lipinski definition) is 1. The molecule has 0 saturated heterocycles. The number of halogens is 1. The molecule has 0 bridgehead atoms. The number of thioether (sulfide) groups is 1. The minimum atomic E-state index is -0.752. The number of hydrogen-bond acceptors (Lipinski definition) is 7. The Morgan fingerprint density at radius 2 is 1.97 bits per heavy atom. The van der Waals surface area contributed by atoms with E-state index in [1.54, 1.807) is 0 Å². The topological polar surface area (TPSA) is 112 Å². The highest BCUT2D eigenvalue weighted by Crippen LogP contribution is 2.23. The Hall–Kier alpha value is -3.47. The van der Waals surface area contributed by atoms with E-state index < -0.39 is 16.6 Å². The van der Waals surface area contributed by atoms with Crippen molar-refractivity contribution in [1.82, 2.24) is 14.8 Å². The Balaban J connectivity index is 1.65. The third-order valence-corrected chi connectivity index (χ3v) is 5.77. The summed E-state index contributed by atoms with van der Waals surface area (Å²) in [4.78, 5) is 22.6. The number of nitro benzene ring substituents is 1. The van der Waals surface area contributed by atoms with E-state index in [0.717, 1.165) is 42.1 Å². The molecule has 0 radical (unpaired) electrons. The fraction of sp³-hybridized carbons (Fsp3) is 0.348. The molecule has 0 aliphatic rings. The van der Waals surface area contributed by atoms with Crippen LogP contribution in [-0.2, 0) is 24.4 Å². The number of nitrogens with zero attached hydrogens (tertiary/aromatic N) is 4. The minimum Gasteiger partial charge on any atom is -0.486 e. The summed E-state index contributed by atoms with van der Waals surface area (Å²) in [6.07, 6.45) is 0.949. The lowest BCUT2D eigenvalue weighted by atomic mass is 10.2. The Kier molecular flexibility index (Phi) is 8.58. The third-order valence-electron chi connectivity index (χ3n) is 4.81. The van der Waals surface area contributed by atoms with Crippen molar-refractivity contribution in [3.8, 4) is 5.75 Å². The summed E-state index contributed by atoms with van der Waals surface area (Å²) >= 11 is 1.15. The normalized spacial score (nSPS) is 11.0. The molecule has 0 unspecified atom stereocenters. The number of carbonyl (C=O) groups is 1. The van der Waals surface area contributed by atoms with Crippen molar-refractivity contribution in [1.29, 1.82) is 0 Å². The number of anilines is 1. The molecule has 0 fully saturated rings. The van der Waals surface area contributed by atoms with Gasteiger partial charge in [0.15, 0.2) is 11.0 Å². The number of benzene rings is 2. The molecule has 1 aromatic heterocycles. The summed E-state index contributed by atoms with van der Waals surface area (Å²) in [5.41, 5.74) is 0.666. The van der Waals surface area contributed by atoms with Crippen LogP contribution in [0.5, 0.6) is 5.75 Å². The molecule has 0 atom stereocenters. The summed E-state index contributed by atoms with van der Waals surface area (Å²) in [5, 5.41) is 22.2. The number of non-ortho nitro benzene ring substituents is 1. The summed E-state index contributed by atoms with van der Waals surface area (Å²) in [6, 6.07) is 10.8. The number of ether oxygens (including phenoxy) is 1. The molecule has 180 valence electrons. The van der Waals surface area contributed by atoms with Crippen molar-refractivity contribution >= 4 is 29.0 Å². The molecule has 3 aromatic rings. The highest BCUT2D eigenvalue weighted by Gasteiger charge is 2.17. The maximum Gasteiger partial charge on any atom is 0.271 e. The van der Waals surface area contributed by atoms with E-state index in [2.05, 4.69) is 36.3 Å². The first-order valence-corrected chi connectivity index (χ1v) is 11.8. The number of amides is 1. The van der Waals surface area contributed by atoms with Crippen molar-refractivity contribution in [2.24, 2.45) is 5.92 Å². The Morgan fingerprint density at radius 1 is 1.24 bits per heavy atom. The van der Waals surface area contributed by atoms with Crippen molar-refractivity contribution < 1.29 is 18.8 Å². The second-order valence-electron chi connectivity index (χ2n) is 7.95. The molecule has 1 N–H and O–H groups in total. The van der Waals surface area contributed by atoms with Gasteiger partial charge in [-0.15, -0.1) is 10.2 Å². The van der Waals surface area contributed by atoms with Gasteiger partial charge in [0, 0.05) is 18.7 Å². The lowest BCUT2D eigenvalue weighted by Crippen LogP contribution is -2.16. The average Bonchev–Trinajstić information content (AvgIpc) is 3.18. The first-order chi connectivity index (χ1) is 16.3. The lowest BCUT2D eigenvalue weighted by molar-refractivity contribution is -0.384. The zero-order valence-corrected chi connectivity index (χ0v) is 20.0. The number of carbonyl (C=O) groups excluding carboxylic acids is 1. The van der Waals surface area contributed by atoms with Gasteiger partial charge in [-0.05, 0) is 36.1 Å². The molecule has 0 spiro atoms. The molecule has 11 heteroatoms. The van der Waals surface area contributed by atoms with Gasteiger partial charge in [-0.3, -0.25) is 14.9 Å². The van der Waals surface area contributed by atoms with Crippen LogP contribution in [0.4, 0.5) is 15.8 Å². The molecule has 34 heavy (non-hydrogen) atoms. The maximum absolute atomic E-state index is 14.0. The summed E-state index contributed by atoms with van der Waals surface area (Å²) in [7, 11) is 0. The fourth-order valence-corrected chi connectivity index (χ4v) is 3.86. The van der Waals surface area contributed by atoms with Gasteiger partial charge in [0.25, 0.3) is 5.69 Å². The summed E-state index contributed by atoms with van der Waals surface area (Å²) < 4.78 is 21.7. The van der Waals surface area contributed by atoms with E-state index in [1.807, 2.05) is 28.8 Å². The van der Waals surface area contributed by atoms with Crippen LogP contribution in [-0.4, -0.2) is 31.3 Å². The van der Waals surface area contributed by atoms with Gasteiger partial charge in [0.05, 0.1) is 16.4 Å². The van der Waals surface area contributed by atoms with E-state index in [1.165, 1.54) is 5.56 Å². The molecule has 0 aliphatic carbocycles. The van der Waals surface area contributed by atoms with Crippen molar-refractivity contribution in [3.63, 3.8) is 0 Å². The second kappa shape index (κ2) is 11.6. The van der Waals surface area contributed by atoms with Crippen LogP contribution in [0.3, 0.4) is 0 Å². The van der Waals surface area contributed by atoms with Crippen LogP contribution in [0.15, 0.2) is 47.6 Å².